The molecule has 2 rings (SSSR count). The Morgan fingerprint density at radius 1 is 1.39 bits per heavy atom. The van der Waals surface area contributed by atoms with Crippen LogP contribution in [-0.2, 0) is 10.8 Å². The van der Waals surface area contributed by atoms with E-state index in [4.69, 9.17) is 17.3 Å². The first-order valence-electron chi connectivity index (χ1n) is 6.48. The first-order chi connectivity index (χ1) is 8.63. The van der Waals surface area contributed by atoms with Gasteiger partial charge < -0.3 is 5.73 Å². The van der Waals surface area contributed by atoms with Crippen LogP contribution in [0.25, 0.3) is 0 Å². The summed E-state index contributed by atoms with van der Waals surface area (Å²) in [6.45, 7) is 2.84. The Kier molecular flexibility index (Phi) is 4.82. The zero-order chi connectivity index (χ0) is 13.1. The predicted octanol–water partition coefficient (Wildman–Crippen LogP) is 3.21. The van der Waals surface area contributed by atoms with Crippen molar-refractivity contribution in [3.8, 4) is 0 Å². The van der Waals surface area contributed by atoms with Crippen molar-refractivity contribution in [1.82, 2.24) is 0 Å². The van der Waals surface area contributed by atoms with Crippen LogP contribution >= 0.6 is 11.6 Å². The molecule has 0 aliphatic heterocycles. The van der Waals surface area contributed by atoms with Gasteiger partial charge in [-0.1, -0.05) is 37.1 Å². The van der Waals surface area contributed by atoms with Crippen LogP contribution in [0.15, 0.2) is 29.2 Å². The molecule has 1 fully saturated rings. The van der Waals surface area contributed by atoms with Crippen LogP contribution in [0.5, 0.6) is 0 Å². The summed E-state index contributed by atoms with van der Waals surface area (Å²) in [5.41, 5.74) is 5.83. The standard InChI is InChI=1S/C14H20ClNOS/c1-10-6-7-11(9-16)14(8-10)18(17)13-5-3-2-4-12(13)15/h2-5,10-11,14H,6-9,16H2,1H3. The van der Waals surface area contributed by atoms with Gasteiger partial charge in [-0.25, -0.2) is 0 Å². The predicted molar refractivity (Wildman–Crippen MR) is 77.2 cm³/mol. The highest BCUT2D eigenvalue weighted by Crippen LogP contribution is 2.35. The molecule has 0 bridgehead atoms. The van der Waals surface area contributed by atoms with Gasteiger partial charge in [0.15, 0.2) is 0 Å². The lowest BCUT2D eigenvalue weighted by molar-refractivity contribution is 0.302. The van der Waals surface area contributed by atoms with E-state index in [-0.39, 0.29) is 5.25 Å². The summed E-state index contributed by atoms with van der Waals surface area (Å²) >= 11 is 6.14. The quantitative estimate of drug-likeness (QED) is 0.927. The van der Waals surface area contributed by atoms with Crippen LogP contribution < -0.4 is 5.73 Å². The summed E-state index contributed by atoms with van der Waals surface area (Å²) in [7, 11) is -1.04. The molecule has 4 atom stereocenters. The molecule has 4 unspecified atom stereocenters. The second kappa shape index (κ2) is 6.18. The van der Waals surface area contributed by atoms with Crippen LogP contribution in [-0.4, -0.2) is 16.0 Å². The molecule has 100 valence electrons. The molecule has 1 saturated carbocycles. The van der Waals surface area contributed by atoms with E-state index in [1.807, 2.05) is 18.2 Å². The maximum atomic E-state index is 12.7. The molecule has 1 aliphatic rings. The Morgan fingerprint density at radius 2 is 2.11 bits per heavy atom. The molecule has 0 saturated heterocycles. The van der Waals surface area contributed by atoms with Crippen molar-refractivity contribution < 1.29 is 4.21 Å². The van der Waals surface area contributed by atoms with E-state index in [0.717, 1.165) is 17.7 Å². The molecule has 2 N–H and O–H groups in total. The van der Waals surface area contributed by atoms with Crippen molar-refractivity contribution in [2.45, 2.75) is 36.3 Å². The highest BCUT2D eigenvalue weighted by atomic mass is 35.5. The highest BCUT2D eigenvalue weighted by Gasteiger charge is 2.33. The minimum absolute atomic E-state index is 0.152. The number of nitrogens with two attached hydrogens (primary N) is 1. The molecule has 1 aromatic rings. The van der Waals surface area contributed by atoms with Crippen LogP contribution in [0.2, 0.25) is 5.02 Å². The number of halogens is 1. The minimum Gasteiger partial charge on any atom is -0.330 e. The van der Waals surface area contributed by atoms with Gasteiger partial charge >= 0.3 is 0 Å². The third kappa shape index (κ3) is 2.95. The minimum atomic E-state index is -1.04. The molecular formula is C14H20ClNOS. The molecule has 0 amide bonds. The van der Waals surface area contributed by atoms with E-state index in [2.05, 4.69) is 6.92 Å². The van der Waals surface area contributed by atoms with Crippen LogP contribution in [0.4, 0.5) is 0 Å². The fourth-order valence-electron chi connectivity index (χ4n) is 2.69. The van der Waals surface area contributed by atoms with Gasteiger partial charge in [-0.3, -0.25) is 4.21 Å². The van der Waals surface area contributed by atoms with Gasteiger partial charge in [0, 0.05) is 5.25 Å². The fourth-order valence-corrected chi connectivity index (χ4v) is 4.96. The van der Waals surface area contributed by atoms with E-state index in [1.165, 1.54) is 6.42 Å². The van der Waals surface area contributed by atoms with Crippen molar-refractivity contribution in [2.24, 2.45) is 17.6 Å². The van der Waals surface area contributed by atoms with E-state index in [1.54, 1.807) is 6.07 Å². The molecule has 4 heteroatoms. The second-order valence-corrected chi connectivity index (χ2v) is 7.23. The maximum absolute atomic E-state index is 12.7. The number of hydrogen-bond acceptors (Lipinski definition) is 2. The third-order valence-electron chi connectivity index (χ3n) is 3.82. The molecular weight excluding hydrogens is 266 g/mol. The summed E-state index contributed by atoms with van der Waals surface area (Å²) in [6, 6.07) is 7.43. The van der Waals surface area contributed by atoms with Gasteiger partial charge in [-0.2, -0.15) is 0 Å². The number of benzene rings is 1. The average Bonchev–Trinajstić information content (AvgIpc) is 2.38. The first-order valence-corrected chi connectivity index (χ1v) is 8.07. The molecule has 1 aliphatic carbocycles. The molecule has 0 spiro atoms. The topological polar surface area (TPSA) is 43.1 Å². The van der Waals surface area contributed by atoms with Crippen molar-refractivity contribution in [3.05, 3.63) is 29.3 Å². The van der Waals surface area contributed by atoms with Crippen molar-refractivity contribution in [1.29, 1.82) is 0 Å². The Bertz CT molecular complexity index is 438. The molecule has 2 nitrogen and oxygen atoms in total. The van der Waals surface area contributed by atoms with E-state index >= 15 is 0 Å². The van der Waals surface area contributed by atoms with Gasteiger partial charge in [0.1, 0.15) is 0 Å². The third-order valence-corrected chi connectivity index (χ3v) is 6.18. The number of hydrogen-bond donors (Lipinski definition) is 1. The van der Waals surface area contributed by atoms with Gasteiger partial charge in [0.05, 0.1) is 20.7 Å². The van der Waals surface area contributed by atoms with Crippen LogP contribution in [0, 0.1) is 11.8 Å². The number of rotatable bonds is 3. The summed E-state index contributed by atoms with van der Waals surface area (Å²) in [4.78, 5) is 0.761. The van der Waals surface area contributed by atoms with Crippen molar-refractivity contribution in [2.75, 3.05) is 6.54 Å². The summed E-state index contributed by atoms with van der Waals surface area (Å²) in [5, 5.41) is 0.753. The normalized spacial score (nSPS) is 30.1. The van der Waals surface area contributed by atoms with E-state index in [0.29, 0.717) is 23.4 Å². The zero-order valence-electron chi connectivity index (χ0n) is 10.6. The van der Waals surface area contributed by atoms with Crippen molar-refractivity contribution in [3.63, 3.8) is 0 Å². The summed E-state index contributed by atoms with van der Waals surface area (Å²) < 4.78 is 12.7. The maximum Gasteiger partial charge on any atom is 0.0579 e. The zero-order valence-corrected chi connectivity index (χ0v) is 12.2. The Morgan fingerprint density at radius 3 is 2.78 bits per heavy atom. The van der Waals surface area contributed by atoms with Crippen molar-refractivity contribution >= 4 is 22.4 Å². The van der Waals surface area contributed by atoms with E-state index in [9.17, 15) is 4.21 Å². The van der Waals surface area contributed by atoms with E-state index < -0.39 is 10.8 Å². The lowest BCUT2D eigenvalue weighted by Gasteiger charge is -2.33. The summed E-state index contributed by atoms with van der Waals surface area (Å²) in [6.07, 6.45) is 3.26. The van der Waals surface area contributed by atoms with Crippen LogP contribution in [0.3, 0.4) is 0 Å². The Balaban J connectivity index is 2.23. The Hall–Kier alpha value is -0.380. The average molecular weight is 286 g/mol. The van der Waals surface area contributed by atoms with Gasteiger partial charge in [0.2, 0.25) is 0 Å². The highest BCUT2D eigenvalue weighted by molar-refractivity contribution is 7.85. The summed E-state index contributed by atoms with van der Waals surface area (Å²) in [5.74, 6) is 0.988. The lowest BCUT2D eigenvalue weighted by Crippen LogP contribution is -2.36. The van der Waals surface area contributed by atoms with Gasteiger partial charge in [-0.05, 0) is 43.4 Å². The second-order valence-electron chi connectivity index (χ2n) is 5.18. The molecule has 0 radical (unpaired) electrons. The SMILES string of the molecule is CC1CCC(CN)C(S(=O)c2ccccc2Cl)C1. The Labute approximate surface area is 116 Å². The smallest absolute Gasteiger partial charge is 0.0579 e. The largest absolute Gasteiger partial charge is 0.330 e. The van der Waals surface area contributed by atoms with Crippen LogP contribution in [0.1, 0.15) is 26.2 Å². The molecule has 18 heavy (non-hydrogen) atoms. The first kappa shape index (κ1) is 14.0. The molecule has 1 aromatic carbocycles. The molecule has 0 heterocycles. The van der Waals surface area contributed by atoms with Gasteiger partial charge in [-0.15, -0.1) is 0 Å². The van der Waals surface area contributed by atoms with Gasteiger partial charge in [0.25, 0.3) is 0 Å². The fraction of sp³-hybridized carbons (Fsp3) is 0.571. The lowest BCUT2D eigenvalue weighted by atomic mass is 9.82. The molecule has 0 aromatic heterocycles. The monoisotopic (exact) mass is 285 g/mol.